The third-order valence-corrected chi connectivity index (χ3v) is 2.59. The first-order valence-corrected chi connectivity index (χ1v) is 5.77. The minimum atomic E-state index is -0.0993. The molecule has 0 saturated heterocycles. The van der Waals surface area contributed by atoms with Crippen LogP contribution in [0.3, 0.4) is 0 Å². The predicted octanol–water partition coefficient (Wildman–Crippen LogP) is 1.66. The molecule has 0 bridgehead atoms. The van der Waals surface area contributed by atoms with Gasteiger partial charge < -0.3 is 5.32 Å². The van der Waals surface area contributed by atoms with Crippen LogP contribution in [0, 0.1) is 6.92 Å². The molecule has 0 fully saturated rings. The molecule has 0 spiro atoms. The van der Waals surface area contributed by atoms with Gasteiger partial charge in [-0.3, -0.25) is 9.48 Å². The molecule has 0 unspecified atom stereocenters. The Kier molecular flexibility index (Phi) is 3.88. The standard InChI is InChI=1S/C11H12ClN5O/c1-8-4-10(12)14-5-9(8)16-11(18)2-3-17-7-13-6-15-17/h4-7H,2-3H2,1H3,(H,16,18). The Morgan fingerprint density at radius 3 is 3.06 bits per heavy atom. The fourth-order valence-electron chi connectivity index (χ4n) is 1.43. The lowest BCUT2D eigenvalue weighted by Crippen LogP contribution is -2.15. The van der Waals surface area contributed by atoms with Crippen LogP contribution < -0.4 is 5.32 Å². The van der Waals surface area contributed by atoms with Crippen molar-refractivity contribution in [1.82, 2.24) is 19.7 Å². The molecule has 0 aliphatic rings. The number of carbonyl (C=O) groups excluding carboxylic acids is 1. The summed E-state index contributed by atoms with van der Waals surface area (Å²) < 4.78 is 1.60. The van der Waals surface area contributed by atoms with Gasteiger partial charge in [0.05, 0.1) is 18.4 Å². The molecule has 2 aromatic rings. The van der Waals surface area contributed by atoms with Crippen LogP contribution in [0.5, 0.6) is 0 Å². The van der Waals surface area contributed by atoms with Crippen molar-refractivity contribution in [3.63, 3.8) is 0 Å². The lowest BCUT2D eigenvalue weighted by Gasteiger charge is -2.07. The van der Waals surface area contributed by atoms with Gasteiger partial charge in [0.25, 0.3) is 0 Å². The summed E-state index contributed by atoms with van der Waals surface area (Å²) in [6.45, 7) is 2.35. The van der Waals surface area contributed by atoms with Crippen LogP contribution in [0.4, 0.5) is 5.69 Å². The van der Waals surface area contributed by atoms with Gasteiger partial charge in [-0.2, -0.15) is 5.10 Å². The van der Waals surface area contributed by atoms with E-state index in [0.717, 1.165) is 5.56 Å². The van der Waals surface area contributed by atoms with Crippen molar-refractivity contribution >= 4 is 23.2 Å². The number of nitrogens with zero attached hydrogens (tertiary/aromatic N) is 4. The van der Waals surface area contributed by atoms with Crippen molar-refractivity contribution in [3.05, 3.63) is 35.6 Å². The molecule has 0 aliphatic heterocycles. The van der Waals surface area contributed by atoms with E-state index in [1.54, 1.807) is 23.3 Å². The van der Waals surface area contributed by atoms with Crippen molar-refractivity contribution in [2.45, 2.75) is 19.9 Å². The molecule has 0 aromatic carbocycles. The van der Waals surface area contributed by atoms with Crippen LogP contribution in [0.2, 0.25) is 5.15 Å². The van der Waals surface area contributed by atoms with Crippen LogP contribution in [0.1, 0.15) is 12.0 Å². The highest BCUT2D eigenvalue weighted by Gasteiger charge is 2.06. The monoisotopic (exact) mass is 265 g/mol. The SMILES string of the molecule is Cc1cc(Cl)ncc1NC(=O)CCn1cncn1. The molecule has 0 saturated carbocycles. The Labute approximate surface area is 109 Å². The highest BCUT2D eigenvalue weighted by Crippen LogP contribution is 2.16. The number of anilines is 1. The van der Waals surface area contributed by atoms with E-state index in [-0.39, 0.29) is 5.91 Å². The minimum Gasteiger partial charge on any atom is -0.324 e. The summed E-state index contributed by atoms with van der Waals surface area (Å²) in [7, 11) is 0. The Morgan fingerprint density at radius 1 is 1.56 bits per heavy atom. The van der Waals surface area contributed by atoms with E-state index in [4.69, 9.17) is 11.6 Å². The van der Waals surface area contributed by atoms with Crippen molar-refractivity contribution < 1.29 is 4.79 Å². The average molecular weight is 266 g/mol. The summed E-state index contributed by atoms with van der Waals surface area (Å²) in [5.41, 5.74) is 1.55. The second-order valence-corrected chi connectivity index (χ2v) is 4.17. The third kappa shape index (κ3) is 3.27. The van der Waals surface area contributed by atoms with E-state index < -0.39 is 0 Å². The fourth-order valence-corrected chi connectivity index (χ4v) is 1.64. The maximum atomic E-state index is 11.7. The summed E-state index contributed by atoms with van der Waals surface area (Å²) >= 11 is 5.74. The summed E-state index contributed by atoms with van der Waals surface area (Å²) in [5.74, 6) is -0.0993. The first kappa shape index (κ1) is 12.5. The molecule has 1 amide bonds. The zero-order valence-electron chi connectivity index (χ0n) is 9.80. The molecule has 6 nitrogen and oxygen atoms in total. The van der Waals surface area contributed by atoms with Gasteiger partial charge in [-0.1, -0.05) is 11.6 Å². The molecule has 2 aromatic heterocycles. The van der Waals surface area contributed by atoms with Gasteiger partial charge in [-0.25, -0.2) is 9.97 Å². The van der Waals surface area contributed by atoms with Crippen molar-refractivity contribution in [3.8, 4) is 0 Å². The maximum Gasteiger partial charge on any atom is 0.226 e. The van der Waals surface area contributed by atoms with Crippen molar-refractivity contribution in [2.75, 3.05) is 5.32 Å². The molecule has 0 atom stereocenters. The number of hydrogen-bond acceptors (Lipinski definition) is 4. The first-order chi connectivity index (χ1) is 8.65. The molecular weight excluding hydrogens is 254 g/mol. The van der Waals surface area contributed by atoms with E-state index in [2.05, 4.69) is 20.4 Å². The Hall–Kier alpha value is -1.95. The molecule has 1 N–H and O–H groups in total. The molecular formula is C11H12ClN5O. The number of nitrogens with one attached hydrogen (secondary N) is 1. The largest absolute Gasteiger partial charge is 0.324 e. The second-order valence-electron chi connectivity index (χ2n) is 3.78. The summed E-state index contributed by atoms with van der Waals surface area (Å²) in [4.78, 5) is 19.4. The number of carbonyl (C=O) groups is 1. The number of rotatable bonds is 4. The Balaban J connectivity index is 1.91. The number of amides is 1. The maximum absolute atomic E-state index is 11.7. The summed E-state index contributed by atoms with van der Waals surface area (Å²) in [6.07, 6.45) is 4.88. The van der Waals surface area contributed by atoms with E-state index in [9.17, 15) is 4.79 Å². The quantitative estimate of drug-likeness (QED) is 0.854. The van der Waals surface area contributed by atoms with Crippen LogP contribution in [-0.2, 0) is 11.3 Å². The fraction of sp³-hybridized carbons (Fsp3) is 0.273. The third-order valence-electron chi connectivity index (χ3n) is 2.39. The predicted molar refractivity (Wildman–Crippen MR) is 67.3 cm³/mol. The molecule has 18 heavy (non-hydrogen) atoms. The molecule has 7 heteroatoms. The van der Waals surface area contributed by atoms with Crippen LogP contribution in [0.15, 0.2) is 24.9 Å². The van der Waals surface area contributed by atoms with Gasteiger partial charge in [-0.15, -0.1) is 0 Å². The van der Waals surface area contributed by atoms with Gasteiger partial charge in [-0.05, 0) is 18.6 Å². The number of pyridine rings is 1. The average Bonchev–Trinajstić information content (AvgIpc) is 2.83. The van der Waals surface area contributed by atoms with E-state index in [1.165, 1.54) is 6.33 Å². The van der Waals surface area contributed by atoms with Gasteiger partial charge in [0.1, 0.15) is 17.8 Å². The van der Waals surface area contributed by atoms with Gasteiger partial charge >= 0.3 is 0 Å². The highest BCUT2D eigenvalue weighted by molar-refractivity contribution is 6.29. The molecule has 0 aliphatic carbocycles. The van der Waals surface area contributed by atoms with Crippen LogP contribution in [0.25, 0.3) is 0 Å². The smallest absolute Gasteiger partial charge is 0.226 e. The first-order valence-electron chi connectivity index (χ1n) is 5.39. The Bertz CT molecular complexity index is 540. The van der Waals surface area contributed by atoms with Crippen molar-refractivity contribution in [1.29, 1.82) is 0 Å². The second kappa shape index (κ2) is 5.59. The van der Waals surface area contributed by atoms with Gasteiger partial charge in [0.2, 0.25) is 5.91 Å². The number of halogens is 1. The Morgan fingerprint density at radius 2 is 2.39 bits per heavy atom. The molecule has 0 radical (unpaired) electrons. The van der Waals surface area contributed by atoms with Crippen molar-refractivity contribution in [2.24, 2.45) is 0 Å². The summed E-state index contributed by atoms with van der Waals surface area (Å²) in [5, 5.41) is 7.11. The normalized spacial score (nSPS) is 10.3. The molecule has 94 valence electrons. The molecule has 2 rings (SSSR count). The van der Waals surface area contributed by atoms with Crippen LogP contribution in [-0.4, -0.2) is 25.7 Å². The molecule has 2 heterocycles. The van der Waals surface area contributed by atoms with E-state index in [0.29, 0.717) is 23.8 Å². The summed E-state index contributed by atoms with van der Waals surface area (Å²) in [6, 6.07) is 1.70. The number of aromatic nitrogens is 4. The topological polar surface area (TPSA) is 72.7 Å². The van der Waals surface area contributed by atoms with Gasteiger partial charge in [0.15, 0.2) is 0 Å². The van der Waals surface area contributed by atoms with Crippen LogP contribution >= 0.6 is 11.6 Å². The number of hydrogen-bond donors (Lipinski definition) is 1. The highest BCUT2D eigenvalue weighted by atomic mass is 35.5. The number of aryl methyl sites for hydroxylation is 2. The lowest BCUT2D eigenvalue weighted by molar-refractivity contribution is -0.116. The lowest BCUT2D eigenvalue weighted by atomic mass is 10.2. The van der Waals surface area contributed by atoms with E-state index in [1.807, 2.05) is 6.92 Å². The van der Waals surface area contributed by atoms with Gasteiger partial charge in [0, 0.05) is 6.42 Å². The van der Waals surface area contributed by atoms with E-state index >= 15 is 0 Å². The zero-order chi connectivity index (χ0) is 13.0. The zero-order valence-corrected chi connectivity index (χ0v) is 10.6. The minimum absolute atomic E-state index is 0.0993.